The van der Waals surface area contributed by atoms with Crippen LogP contribution in [0.4, 0.5) is 5.69 Å². The number of hydrogen-bond acceptors (Lipinski definition) is 7. The lowest BCUT2D eigenvalue weighted by atomic mass is 10.1. The van der Waals surface area contributed by atoms with Crippen molar-refractivity contribution in [1.29, 1.82) is 5.26 Å². The first kappa shape index (κ1) is 21.1. The largest absolute Gasteiger partial charge is 0.320 e. The van der Waals surface area contributed by atoms with Gasteiger partial charge >= 0.3 is 0 Å². The van der Waals surface area contributed by atoms with Gasteiger partial charge in [-0.05, 0) is 30.2 Å². The molecule has 0 saturated carbocycles. The smallest absolute Gasteiger partial charge is 0.258 e. The number of nitriles is 1. The predicted octanol–water partition coefficient (Wildman–Crippen LogP) is 2.88. The van der Waals surface area contributed by atoms with Crippen LogP contribution in [-0.4, -0.2) is 40.2 Å². The Bertz CT molecular complexity index is 1480. The first-order chi connectivity index (χ1) is 15.3. The van der Waals surface area contributed by atoms with Crippen LogP contribution in [0.2, 0.25) is 0 Å². The van der Waals surface area contributed by atoms with E-state index in [1.807, 2.05) is 30.3 Å². The Hall–Kier alpha value is -4.10. The van der Waals surface area contributed by atoms with Crippen molar-refractivity contribution in [2.45, 2.75) is 18.4 Å². The highest BCUT2D eigenvalue weighted by molar-refractivity contribution is 7.90. The second-order valence-corrected chi connectivity index (χ2v) is 9.05. The minimum Gasteiger partial charge on any atom is -0.320 e. The Balaban J connectivity index is 1.65. The van der Waals surface area contributed by atoms with Gasteiger partial charge < -0.3 is 5.32 Å². The van der Waals surface area contributed by atoms with Crippen LogP contribution in [0.15, 0.2) is 59.9 Å². The van der Waals surface area contributed by atoms with Crippen molar-refractivity contribution in [3.05, 3.63) is 71.5 Å². The molecule has 0 radical (unpaired) electrons. The minimum atomic E-state index is -3.77. The second-order valence-electron chi connectivity index (χ2n) is 7.12. The molecule has 0 aliphatic heterocycles. The SMILES string of the molecule is CCc1ccc(-c2nc3ccc(NC(=O)c4cc(C#N)cnc4S(C)(=O)=O)cn3n2)cc1. The third kappa shape index (κ3) is 4.19. The van der Waals surface area contributed by atoms with E-state index in [4.69, 9.17) is 5.26 Å². The van der Waals surface area contributed by atoms with E-state index in [0.29, 0.717) is 17.2 Å². The number of anilines is 1. The van der Waals surface area contributed by atoms with E-state index in [1.165, 1.54) is 16.1 Å². The number of fused-ring (bicyclic) bond motifs is 1. The summed E-state index contributed by atoms with van der Waals surface area (Å²) in [5.74, 6) is -0.161. The van der Waals surface area contributed by atoms with Gasteiger partial charge in [-0.3, -0.25) is 4.79 Å². The van der Waals surface area contributed by atoms with Gasteiger partial charge in [0.15, 0.2) is 26.3 Å². The molecule has 1 amide bonds. The highest BCUT2D eigenvalue weighted by atomic mass is 32.2. The third-order valence-corrected chi connectivity index (χ3v) is 5.81. The molecule has 0 saturated heterocycles. The predicted molar refractivity (Wildman–Crippen MR) is 118 cm³/mol. The molecule has 9 nitrogen and oxygen atoms in total. The van der Waals surface area contributed by atoms with Gasteiger partial charge in [-0.1, -0.05) is 31.2 Å². The average Bonchev–Trinajstić information content (AvgIpc) is 3.21. The zero-order valence-corrected chi connectivity index (χ0v) is 18.1. The summed E-state index contributed by atoms with van der Waals surface area (Å²) in [6.07, 6.45) is 4.58. The van der Waals surface area contributed by atoms with E-state index in [1.54, 1.807) is 18.3 Å². The molecule has 160 valence electrons. The Morgan fingerprint density at radius 2 is 1.94 bits per heavy atom. The number of carbonyl (C=O) groups is 1. The highest BCUT2D eigenvalue weighted by Crippen LogP contribution is 2.20. The number of hydrogen-bond donors (Lipinski definition) is 1. The number of nitrogens with zero attached hydrogens (tertiary/aromatic N) is 5. The molecule has 0 aliphatic carbocycles. The number of rotatable bonds is 5. The maximum absolute atomic E-state index is 12.8. The number of amides is 1. The molecular weight excluding hydrogens is 428 g/mol. The van der Waals surface area contributed by atoms with Crippen LogP contribution in [0.1, 0.15) is 28.4 Å². The van der Waals surface area contributed by atoms with Crippen LogP contribution in [0, 0.1) is 11.3 Å². The number of aryl methyl sites for hydroxylation is 1. The standard InChI is InChI=1S/C22H18N6O3S/c1-3-14-4-6-16(7-5-14)20-26-19-9-8-17(13-28(19)27-20)25-21(29)18-10-15(11-23)12-24-22(18)32(2,30)31/h4-10,12-13H,3H2,1-2H3,(H,25,29). The highest BCUT2D eigenvalue weighted by Gasteiger charge is 2.21. The molecule has 0 atom stereocenters. The Morgan fingerprint density at radius 1 is 1.19 bits per heavy atom. The van der Waals surface area contributed by atoms with Crippen LogP contribution in [0.5, 0.6) is 0 Å². The molecule has 0 spiro atoms. The number of benzene rings is 1. The van der Waals surface area contributed by atoms with Crippen molar-refractivity contribution in [3.63, 3.8) is 0 Å². The van der Waals surface area contributed by atoms with E-state index in [9.17, 15) is 13.2 Å². The van der Waals surface area contributed by atoms with Gasteiger partial charge in [0.05, 0.1) is 23.0 Å². The summed E-state index contributed by atoms with van der Waals surface area (Å²) in [5, 5.41) is 15.8. The summed E-state index contributed by atoms with van der Waals surface area (Å²) in [7, 11) is -3.77. The average molecular weight is 446 g/mol. The molecule has 0 fully saturated rings. The monoisotopic (exact) mass is 446 g/mol. The van der Waals surface area contributed by atoms with Crippen molar-refractivity contribution < 1.29 is 13.2 Å². The van der Waals surface area contributed by atoms with Gasteiger partial charge in [-0.25, -0.2) is 22.9 Å². The normalized spacial score (nSPS) is 11.3. The van der Waals surface area contributed by atoms with Crippen LogP contribution in [-0.2, 0) is 16.3 Å². The Kier molecular flexibility index (Phi) is 5.42. The molecule has 32 heavy (non-hydrogen) atoms. The maximum Gasteiger partial charge on any atom is 0.258 e. The fraction of sp³-hybridized carbons (Fsp3) is 0.136. The number of pyridine rings is 2. The lowest BCUT2D eigenvalue weighted by Crippen LogP contribution is -2.18. The topological polar surface area (TPSA) is 130 Å². The first-order valence-electron chi connectivity index (χ1n) is 9.66. The van der Waals surface area contributed by atoms with Gasteiger partial charge in [-0.2, -0.15) is 5.26 Å². The number of aromatic nitrogens is 4. The molecule has 0 aliphatic rings. The van der Waals surface area contributed by atoms with Crippen molar-refractivity contribution in [2.75, 3.05) is 11.6 Å². The van der Waals surface area contributed by atoms with Crippen LogP contribution in [0.25, 0.3) is 17.0 Å². The summed E-state index contributed by atoms with van der Waals surface area (Å²) in [6.45, 7) is 2.08. The fourth-order valence-corrected chi connectivity index (χ4v) is 3.93. The van der Waals surface area contributed by atoms with E-state index >= 15 is 0 Å². The molecule has 0 unspecified atom stereocenters. The Morgan fingerprint density at radius 3 is 2.59 bits per heavy atom. The maximum atomic E-state index is 12.8. The molecule has 10 heteroatoms. The fourth-order valence-electron chi connectivity index (χ4n) is 3.14. The number of nitrogens with one attached hydrogen (secondary N) is 1. The van der Waals surface area contributed by atoms with Crippen LogP contribution in [0.3, 0.4) is 0 Å². The molecular formula is C22H18N6O3S. The Labute approximate surface area is 184 Å². The third-order valence-electron chi connectivity index (χ3n) is 4.79. The first-order valence-corrected chi connectivity index (χ1v) is 11.5. The number of carbonyl (C=O) groups excluding carboxylic acids is 1. The summed E-state index contributed by atoms with van der Waals surface area (Å²) in [5.41, 5.74) is 2.92. The van der Waals surface area contributed by atoms with E-state index < -0.39 is 20.8 Å². The molecule has 3 aromatic heterocycles. The van der Waals surface area contributed by atoms with Crippen LogP contribution >= 0.6 is 0 Å². The zero-order valence-electron chi connectivity index (χ0n) is 17.3. The lowest BCUT2D eigenvalue weighted by Gasteiger charge is -2.09. The van der Waals surface area contributed by atoms with Crippen molar-refractivity contribution >= 4 is 27.1 Å². The van der Waals surface area contributed by atoms with E-state index in [0.717, 1.165) is 24.4 Å². The van der Waals surface area contributed by atoms with Crippen molar-refractivity contribution in [3.8, 4) is 17.5 Å². The molecule has 3 heterocycles. The zero-order chi connectivity index (χ0) is 22.9. The van der Waals surface area contributed by atoms with Gasteiger partial charge in [0, 0.05) is 18.0 Å². The molecule has 1 N–H and O–H groups in total. The van der Waals surface area contributed by atoms with E-state index in [-0.39, 0.29) is 11.1 Å². The quantitative estimate of drug-likeness (QED) is 0.499. The second kappa shape index (κ2) is 8.20. The minimum absolute atomic E-state index is 0.0769. The van der Waals surface area contributed by atoms with E-state index in [2.05, 4.69) is 27.3 Å². The van der Waals surface area contributed by atoms with Crippen LogP contribution < -0.4 is 5.32 Å². The summed E-state index contributed by atoms with van der Waals surface area (Å²) < 4.78 is 25.6. The lowest BCUT2D eigenvalue weighted by molar-refractivity contribution is 0.102. The summed E-state index contributed by atoms with van der Waals surface area (Å²) >= 11 is 0. The van der Waals surface area contributed by atoms with Crippen molar-refractivity contribution in [2.24, 2.45) is 0 Å². The molecule has 0 bridgehead atoms. The van der Waals surface area contributed by atoms with Crippen molar-refractivity contribution in [1.82, 2.24) is 19.6 Å². The van der Waals surface area contributed by atoms with Gasteiger partial charge in [0.2, 0.25) is 0 Å². The number of sulfone groups is 1. The molecule has 1 aromatic carbocycles. The molecule has 4 rings (SSSR count). The van der Waals surface area contributed by atoms with Gasteiger partial charge in [0.1, 0.15) is 6.07 Å². The summed E-state index contributed by atoms with van der Waals surface area (Å²) in [6, 6.07) is 14.3. The molecule has 4 aromatic rings. The summed E-state index contributed by atoms with van der Waals surface area (Å²) in [4.78, 5) is 21.1. The van der Waals surface area contributed by atoms with Gasteiger partial charge in [0.25, 0.3) is 5.91 Å². The van der Waals surface area contributed by atoms with Gasteiger partial charge in [-0.15, -0.1) is 5.10 Å².